The van der Waals surface area contributed by atoms with Crippen LogP contribution in [0.3, 0.4) is 0 Å². The molecular weight excluding hydrogens is 236 g/mol. The van der Waals surface area contributed by atoms with Crippen molar-refractivity contribution in [2.24, 2.45) is 17.1 Å². The molecular formula is C16H32N2O. The lowest BCUT2D eigenvalue weighted by Gasteiger charge is -2.38. The lowest BCUT2D eigenvalue weighted by molar-refractivity contribution is 0.0902. The number of hydrogen-bond acceptors (Lipinski definition) is 3. The van der Waals surface area contributed by atoms with Crippen LogP contribution in [0, 0.1) is 11.3 Å². The molecule has 0 aromatic heterocycles. The first kappa shape index (κ1) is 15.3. The van der Waals surface area contributed by atoms with E-state index < -0.39 is 0 Å². The fraction of sp³-hybridized carbons (Fsp3) is 1.00. The van der Waals surface area contributed by atoms with Gasteiger partial charge in [-0.2, -0.15) is 0 Å². The van der Waals surface area contributed by atoms with Crippen LogP contribution in [0.2, 0.25) is 0 Å². The molecule has 2 aliphatic rings. The summed E-state index contributed by atoms with van der Waals surface area (Å²) in [4.78, 5) is 2.72. The van der Waals surface area contributed by atoms with Crippen LogP contribution >= 0.6 is 0 Å². The Kier molecular flexibility index (Phi) is 5.27. The second-order valence-electron chi connectivity index (χ2n) is 7.37. The third kappa shape index (κ3) is 3.93. The predicted octanol–water partition coefficient (Wildman–Crippen LogP) is 2.64. The van der Waals surface area contributed by atoms with E-state index in [9.17, 15) is 0 Å². The molecule has 112 valence electrons. The molecule has 3 heteroatoms. The van der Waals surface area contributed by atoms with E-state index in [0.717, 1.165) is 31.7 Å². The number of nitrogens with zero attached hydrogens (tertiary/aromatic N) is 1. The topological polar surface area (TPSA) is 38.5 Å². The fourth-order valence-electron chi connectivity index (χ4n) is 3.44. The Morgan fingerprint density at radius 1 is 1.32 bits per heavy atom. The average Bonchev–Trinajstić information content (AvgIpc) is 2.96. The minimum absolute atomic E-state index is 0.152. The maximum atomic E-state index is 6.26. The SMILES string of the molecule is CC(C)CCN(CC1(C)COCC1N)C1CCCC1. The van der Waals surface area contributed by atoms with Crippen LogP contribution in [-0.4, -0.2) is 43.3 Å². The summed E-state index contributed by atoms with van der Waals surface area (Å²) < 4.78 is 5.61. The molecule has 2 atom stereocenters. The van der Waals surface area contributed by atoms with Crippen molar-refractivity contribution in [3.63, 3.8) is 0 Å². The van der Waals surface area contributed by atoms with E-state index in [2.05, 4.69) is 25.7 Å². The van der Waals surface area contributed by atoms with E-state index in [4.69, 9.17) is 10.5 Å². The summed E-state index contributed by atoms with van der Waals surface area (Å²) in [5.74, 6) is 0.783. The minimum Gasteiger partial charge on any atom is -0.379 e. The Morgan fingerprint density at radius 2 is 2.00 bits per heavy atom. The van der Waals surface area contributed by atoms with Crippen molar-refractivity contribution in [1.82, 2.24) is 4.90 Å². The van der Waals surface area contributed by atoms with E-state index in [1.54, 1.807) is 0 Å². The molecule has 0 aromatic rings. The van der Waals surface area contributed by atoms with Crippen LogP contribution in [0.15, 0.2) is 0 Å². The third-order valence-electron chi connectivity index (χ3n) is 5.02. The van der Waals surface area contributed by atoms with Gasteiger partial charge in [-0.05, 0) is 31.7 Å². The molecule has 1 aliphatic heterocycles. The third-order valence-corrected chi connectivity index (χ3v) is 5.02. The number of ether oxygens (including phenoxy) is 1. The van der Waals surface area contributed by atoms with Crippen molar-refractivity contribution in [1.29, 1.82) is 0 Å². The fourth-order valence-corrected chi connectivity index (χ4v) is 3.44. The van der Waals surface area contributed by atoms with Gasteiger partial charge >= 0.3 is 0 Å². The molecule has 1 heterocycles. The Labute approximate surface area is 118 Å². The van der Waals surface area contributed by atoms with Gasteiger partial charge in [0.2, 0.25) is 0 Å². The summed E-state index contributed by atoms with van der Waals surface area (Å²) in [5.41, 5.74) is 6.42. The van der Waals surface area contributed by atoms with Gasteiger partial charge in [0, 0.05) is 24.0 Å². The monoisotopic (exact) mass is 268 g/mol. The van der Waals surface area contributed by atoms with Crippen LogP contribution in [0.1, 0.15) is 52.9 Å². The number of hydrogen-bond donors (Lipinski definition) is 1. The van der Waals surface area contributed by atoms with Crippen molar-refractivity contribution in [3.05, 3.63) is 0 Å². The lowest BCUT2D eigenvalue weighted by Crippen LogP contribution is -2.49. The molecule has 1 saturated carbocycles. The van der Waals surface area contributed by atoms with Gasteiger partial charge in [0.05, 0.1) is 13.2 Å². The molecule has 0 aromatic carbocycles. The zero-order chi connectivity index (χ0) is 13.9. The normalized spacial score (nSPS) is 32.8. The zero-order valence-corrected chi connectivity index (χ0v) is 13.0. The summed E-state index contributed by atoms with van der Waals surface area (Å²) in [5, 5.41) is 0. The molecule has 19 heavy (non-hydrogen) atoms. The van der Waals surface area contributed by atoms with Crippen LogP contribution in [-0.2, 0) is 4.74 Å². The minimum atomic E-state index is 0.152. The summed E-state index contributed by atoms with van der Waals surface area (Å²) in [7, 11) is 0. The Bertz CT molecular complexity index is 276. The van der Waals surface area contributed by atoms with Crippen LogP contribution in [0.5, 0.6) is 0 Å². The highest BCUT2D eigenvalue weighted by Gasteiger charge is 2.40. The van der Waals surface area contributed by atoms with Gasteiger partial charge in [0.1, 0.15) is 0 Å². The molecule has 1 saturated heterocycles. The van der Waals surface area contributed by atoms with Crippen molar-refractivity contribution in [2.45, 2.75) is 65.0 Å². The summed E-state index contributed by atoms with van der Waals surface area (Å²) in [6, 6.07) is 0.999. The zero-order valence-electron chi connectivity index (χ0n) is 13.0. The van der Waals surface area contributed by atoms with Gasteiger partial charge in [-0.15, -0.1) is 0 Å². The molecule has 1 aliphatic carbocycles. The van der Waals surface area contributed by atoms with Gasteiger partial charge < -0.3 is 10.5 Å². The molecule has 3 nitrogen and oxygen atoms in total. The summed E-state index contributed by atoms with van der Waals surface area (Å²) >= 11 is 0. The van der Waals surface area contributed by atoms with Crippen molar-refractivity contribution in [3.8, 4) is 0 Å². The first-order valence-corrected chi connectivity index (χ1v) is 8.08. The summed E-state index contributed by atoms with van der Waals surface area (Å²) in [6.45, 7) is 10.9. The second-order valence-corrected chi connectivity index (χ2v) is 7.37. The van der Waals surface area contributed by atoms with Crippen LogP contribution in [0.4, 0.5) is 0 Å². The number of rotatable bonds is 6. The largest absolute Gasteiger partial charge is 0.379 e. The van der Waals surface area contributed by atoms with Gasteiger partial charge in [0.15, 0.2) is 0 Å². The average molecular weight is 268 g/mol. The molecule has 2 N–H and O–H groups in total. The molecule has 0 spiro atoms. The van der Waals surface area contributed by atoms with Crippen molar-refractivity contribution < 1.29 is 4.74 Å². The van der Waals surface area contributed by atoms with E-state index >= 15 is 0 Å². The van der Waals surface area contributed by atoms with E-state index in [1.165, 1.54) is 38.6 Å². The highest BCUT2D eigenvalue weighted by atomic mass is 16.5. The van der Waals surface area contributed by atoms with E-state index in [-0.39, 0.29) is 11.5 Å². The molecule has 0 radical (unpaired) electrons. The quantitative estimate of drug-likeness (QED) is 0.805. The molecule has 2 rings (SSSR count). The van der Waals surface area contributed by atoms with Gasteiger partial charge in [-0.3, -0.25) is 4.90 Å². The highest BCUT2D eigenvalue weighted by Crippen LogP contribution is 2.32. The van der Waals surface area contributed by atoms with Gasteiger partial charge in [-0.25, -0.2) is 0 Å². The first-order valence-electron chi connectivity index (χ1n) is 8.08. The standard InChI is InChI=1S/C16H32N2O/c1-13(2)8-9-18(14-6-4-5-7-14)11-16(3)12-19-10-15(16)17/h13-15H,4-12,17H2,1-3H3. The molecule has 2 unspecified atom stereocenters. The highest BCUT2D eigenvalue weighted by molar-refractivity contribution is 4.94. The molecule has 0 bridgehead atoms. The van der Waals surface area contributed by atoms with Crippen molar-refractivity contribution >= 4 is 0 Å². The van der Waals surface area contributed by atoms with Gasteiger partial charge in [-0.1, -0.05) is 33.6 Å². The Hall–Kier alpha value is -0.120. The predicted molar refractivity (Wildman–Crippen MR) is 80.2 cm³/mol. The maximum absolute atomic E-state index is 6.26. The number of nitrogens with two attached hydrogens (primary N) is 1. The van der Waals surface area contributed by atoms with Gasteiger partial charge in [0.25, 0.3) is 0 Å². The maximum Gasteiger partial charge on any atom is 0.0624 e. The Balaban J connectivity index is 1.95. The van der Waals surface area contributed by atoms with Crippen LogP contribution < -0.4 is 5.73 Å². The molecule has 0 amide bonds. The summed E-state index contributed by atoms with van der Waals surface area (Å²) in [6.07, 6.45) is 6.86. The second kappa shape index (κ2) is 6.55. The van der Waals surface area contributed by atoms with E-state index in [1.807, 2.05) is 0 Å². The van der Waals surface area contributed by atoms with E-state index in [0.29, 0.717) is 0 Å². The smallest absolute Gasteiger partial charge is 0.0624 e. The van der Waals surface area contributed by atoms with Crippen molar-refractivity contribution in [2.75, 3.05) is 26.3 Å². The molecule has 2 fully saturated rings. The lowest BCUT2D eigenvalue weighted by atomic mass is 9.84. The Morgan fingerprint density at radius 3 is 2.53 bits per heavy atom. The van der Waals surface area contributed by atoms with Crippen LogP contribution in [0.25, 0.3) is 0 Å². The first-order chi connectivity index (χ1) is 9.01.